The first-order chi connectivity index (χ1) is 16.0. The third-order valence-electron chi connectivity index (χ3n) is 5.84. The van der Waals surface area contributed by atoms with Crippen LogP contribution in [0.5, 0.6) is 0 Å². The number of pyridine rings is 1. The second-order valence-electron chi connectivity index (χ2n) is 7.83. The molecule has 2 saturated heterocycles. The molecule has 0 spiro atoms. The Balaban J connectivity index is 1.64. The number of fused-ring (bicyclic) bond motifs is 1. The van der Waals surface area contributed by atoms with Crippen molar-refractivity contribution < 1.29 is 24.4 Å². The van der Waals surface area contributed by atoms with Gasteiger partial charge in [0.1, 0.15) is 17.0 Å². The summed E-state index contributed by atoms with van der Waals surface area (Å²) in [6.07, 6.45) is 2.03. The maximum atomic E-state index is 13.1. The Labute approximate surface area is 200 Å². The predicted octanol–water partition coefficient (Wildman–Crippen LogP) is -1.21. The third kappa shape index (κ3) is 3.51. The van der Waals surface area contributed by atoms with E-state index in [9.17, 15) is 34.4 Å². The summed E-state index contributed by atoms with van der Waals surface area (Å²) in [7, 11) is 1.55. The largest absolute Gasteiger partial charge is 0.481 e. The van der Waals surface area contributed by atoms with Gasteiger partial charge >= 0.3 is 11.7 Å². The fraction of sp³-hybridized carbons (Fsp3) is 0.471. The maximum Gasteiger partial charge on any atom is 0.334 e. The number of nitro groups is 1. The molecule has 15 nitrogen and oxygen atoms in total. The van der Waals surface area contributed by atoms with Crippen molar-refractivity contribution in [1.29, 1.82) is 0 Å². The number of carbonyl (C=O) groups excluding carboxylic acids is 2. The summed E-state index contributed by atoms with van der Waals surface area (Å²) >= 11 is 5.62. The van der Waals surface area contributed by atoms with E-state index in [2.05, 4.69) is 28.2 Å². The average Bonchev–Trinajstić information content (AvgIpc) is 3.21. The van der Waals surface area contributed by atoms with E-state index in [0.29, 0.717) is 0 Å². The number of rotatable bonds is 6. The molecule has 2 aromatic heterocycles. The lowest BCUT2D eigenvalue weighted by atomic mass is 9.83. The van der Waals surface area contributed by atoms with Gasteiger partial charge < -0.3 is 10.0 Å². The van der Waals surface area contributed by atoms with Gasteiger partial charge in [-0.1, -0.05) is 0 Å². The minimum Gasteiger partial charge on any atom is -0.481 e. The summed E-state index contributed by atoms with van der Waals surface area (Å²) in [6, 6.07) is -0.120. The number of carbonyl (C=O) groups is 3. The van der Waals surface area contributed by atoms with E-state index in [1.54, 1.807) is 7.05 Å². The standard InChI is InChI=1S/C17H18N8O7S2/c1-8(26)24(22-4-3-10(27)9(5-22)25(31)32)11-14(28)23-6-17(16(29)30,7-34-15(11)23)12(33)13-18-19-20-21(13)2/h3-5,11-12,15,33H,6-7H2,1-2H3,(H,29,30)/t11?,12?,15-,17?/m1/s1. The zero-order valence-electron chi connectivity index (χ0n) is 17.7. The monoisotopic (exact) mass is 510 g/mol. The quantitative estimate of drug-likeness (QED) is 0.205. The highest BCUT2D eigenvalue weighted by molar-refractivity contribution is 8.00. The molecule has 2 fully saturated rings. The molecule has 0 aliphatic carbocycles. The molecule has 2 aliphatic heterocycles. The Morgan fingerprint density at radius 3 is 2.71 bits per heavy atom. The van der Waals surface area contributed by atoms with Crippen molar-refractivity contribution in [2.45, 2.75) is 23.6 Å². The van der Waals surface area contributed by atoms with Crippen LogP contribution in [0, 0.1) is 15.5 Å². The van der Waals surface area contributed by atoms with Crippen molar-refractivity contribution in [3.05, 3.63) is 44.6 Å². The van der Waals surface area contributed by atoms with Crippen LogP contribution in [0.4, 0.5) is 5.69 Å². The molecule has 17 heteroatoms. The van der Waals surface area contributed by atoms with Crippen LogP contribution in [-0.4, -0.2) is 81.3 Å². The minimum absolute atomic E-state index is 0.0321. The van der Waals surface area contributed by atoms with Gasteiger partial charge in [-0.15, -0.1) is 16.9 Å². The zero-order chi connectivity index (χ0) is 24.9. The van der Waals surface area contributed by atoms with Gasteiger partial charge in [-0.05, 0) is 10.4 Å². The number of tetrazole rings is 1. The molecule has 0 saturated carbocycles. The van der Waals surface area contributed by atoms with Gasteiger partial charge in [0, 0.05) is 38.5 Å². The highest BCUT2D eigenvalue weighted by Gasteiger charge is 2.62. The van der Waals surface area contributed by atoms with Crippen LogP contribution >= 0.6 is 24.4 Å². The van der Waals surface area contributed by atoms with Crippen LogP contribution < -0.4 is 10.4 Å². The first-order valence-corrected chi connectivity index (χ1v) is 11.3. The first kappa shape index (κ1) is 23.7. The topological polar surface area (TPSA) is 187 Å². The van der Waals surface area contributed by atoms with Crippen molar-refractivity contribution >= 4 is 47.9 Å². The van der Waals surface area contributed by atoms with Gasteiger partial charge in [-0.25, -0.2) is 9.69 Å². The molecule has 4 heterocycles. The number of aryl methyl sites for hydroxylation is 1. The molecule has 0 bridgehead atoms. The fourth-order valence-electron chi connectivity index (χ4n) is 4.03. The second kappa shape index (κ2) is 8.39. The number of nitrogens with zero attached hydrogens (tertiary/aromatic N) is 8. The number of aliphatic carboxylic acids is 1. The van der Waals surface area contributed by atoms with Gasteiger partial charge in [0.25, 0.3) is 11.3 Å². The van der Waals surface area contributed by atoms with E-state index in [-0.39, 0.29) is 18.1 Å². The number of β-lactam (4-membered cyclic amide) rings is 1. The van der Waals surface area contributed by atoms with Gasteiger partial charge in [-0.3, -0.25) is 34.0 Å². The number of aromatic nitrogens is 5. The van der Waals surface area contributed by atoms with E-state index >= 15 is 0 Å². The predicted molar refractivity (Wildman–Crippen MR) is 119 cm³/mol. The molecular formula is C17H18N8O7S2. The van der Waals surface area contributed by atoms with E-state index in [1.807, 2.05) is 0 Å². The molecule has 4 atom stereocenters. The molecule has 0 radical (unpaired) electrons. The number of amides is 2. The lowest BCUT2D eigenvalue weighted by molar-refractivity contribution is -0.386. The fourth-order valence-corrected chi connectivity index (χ4v) is 6.27. The summed E-state index contributed by atoms with van der Waals surface area (Å²) in [4.78, 5) is 61.3. The van der Waals surface area contributed by atoms with Crippen molar-refractivity contribution in [3.63, 3.8) is 0 Å². The summed E-state index contributed by atoms with van der Waals surface area (Å²) in [5.74, 6) is -2.07. The number of carboxylic acids is 1. The molecule has 2 aromatic rings. The Morgan fingerprint density at radius 2 is 2.15 bits per heavy atom. The number of thioether (sulfide) groups is 1. The van der Waals surface area contributed by atoms with Crippen molar-refractivity contribution in [1.82, 2.24) is 29.8 Å². The van der Waals surface area contributed by atoms with Gasteiger partial charge in [0.2, 0.25) is 5.91 Å². The maximum absolute atomic E-state index is 13.1. The van der Waals surface area contributed by atoms with Gasteiger partial charge in [0.15, 0.2) is 11.9 Å². The molecule has 3 unspecified atom stereocenters. The molecule has 2 amide bonds. The SMILES string of the molecule is CC(=O)N(C1C(=O)N2CC(C(=O)O)(C(S)c3nnnn3C)CS[C@H]12)n1ccc(=O)c([N+](=O)[O-])c1. The molecule has 4 rings (SSSR count). The summed E-state index contributed by atoms with van der Waals surface area (Å²) in [6.45, 7) is 0.978. The Hall–Kier alpha value is -3.47. The first-order valence-electron chi connectivity index (χ1n) is 9.72. The normalized spacial score (nSPS) is 24.7. The van der Waals surface area contributed by atoms with E-state index in [0.717, 1.165) is 39.9 Å². The number of hydrogen-bond donors (Lipinski definition) is 2. The highest BCUT2D eigenvalue weighted by atomic mass is 32.2. The Bertz CT molecular complexity index is 1260. The smallest absolute Gasteiger partial charge is 0.334 e. The molecule has 180 valence electrons. The Kier molecular flexibility index (Phi) is 5.84. The molecule has 34 heavy (non-hydrogen) atoms. The van der Waals surface area contributed by atoms with Gasteiger partial charge in [-0.2, -0.15) is 12.6 Å². The lowest BCUT2D eigenvalue weighted by Gasteiger charge is -2.56. The molecular weight excluding hydrogens is 492 g/mol. The molecule has 1 N–H and O–H groups in total. The van der Waals surface area contributed by atoms with Crippen LogP contribution in [0.2, 0.25) is 0 Å². The van der Waals surface area contributed by atoms with Crippen LogP contribution in [0.3, 0.4) is 0 Å². The minimum atomic E-state index is -1.51. The van der Waals surface area contributed by atoms with Gasteiger partial charge in [0.05, 0.1) is 10.2 Å². The molecule has 0 aromatic carbocycles. The average molecular weight is 511 g/mol. The number of carboxylic acid groups (broad SMARTS) is 1. The summed E-state index contributed by atoms with van der Waals surface area (Å²) < 4.78 is 2.34. The van der Waals surface area contributed by atoms with E-state index in [1.165, 1.54) is 16.5 Å². The van der Waals surface area contributed by atoms with Crippen LogP contribution in [0.1, 0.15) is 18.0 Å². The molecule has 2 aliphatic rings. The lowest BCUT2D eigenvalue weighted by Crippen LogP contribution is -2.76. The summed E-state index contributed by atoms with van der Waals surface area (Å²) in [5.41, 5.74) is -3.11. The third-order valence-corrected chi connectivity index (χ3v) is 8.10. The van der Waals surface area contributed by atoms with Crippen LogP contribution in [-0.2, 0) is 21.4 Å². The van der Waals surface area contributed by atoms with Crippen molar-refractivity contribution in [2.24, 2.45) is 12.5 Å². The van der Waals surface area contributed by atoms with Crippen molar-refractivity contribution in [3.8, 4) is 0 Å². The number of hydrogen-bond acceptors (Lipinski definition) is 11. The van der Waals surface area contributed by atoms with Crippen molar-refractivity contribution in [2.75, 3.05) is 17.3 Å². The number of thiol groups is 1. The Morgan fingerprint density at radius 1 is 1.44 bits per heavy atom. The van der Waals surface area contributed by atoms with Crippen LogP contribution in [0.15, 0.2) is 23.3 Å². The summed E-state index contributed by atoms with van der Waals surface area (Å²) in [5, 5.41) is 31.8. The van der Waals surface area contributed by atoms with Crippen LogP contribution in [0.25, 0.3) is 0 Å². The highest BCUT2D eigenvalue weighted by Crippen LogP contribution is 2.50. The zero-order valence-corrected chi connectivity index (χ0v) is 19.4. The van der Waals surface area contributed by atoms with E-state index in [4.69, 9.17) is 0 Å². The second-order valence-corrected chi connectivity index (χ2v) is 9.45. The van der Waals surface area contributed by atoms with E-state index < -0.39 is 55.9 Å².